The number of hydrogen-bond acceptors (Lipinski definition) is 3. The SMILES string of the molecule is CCCCCCCCCCOc1ccc(-c2ncc(CCC(F)CCCCCC)cn2)cc1. The van der Waals surface area contributed by atoms with E-state index in [1.54, 1.807) is 0 Å². The molecule has 33 heavy (non-hydrogen) atoms. The van der Waals surface area contributed by atoms with Crippen molar-refractivity contribution >= 4 is 0 Å². The Morgan fingerprint density at radius 1 is 0.727 bits per heavy atom. The fraction of sp³-hybridized carbons (Fsp3) is 0.655. The first-order valence-corrected chi connectivity index (χ1v) is 13.4. The fourth-order valence-electron chi connectivity index (χ4n) is 4.02. The second kappa shape index (κ2) is 17.5. The van der Waals surface area contributed by atoms with Gasteiger partial charge in [-0.15, -0.1) is 0 Å². The van der Waals surface area contributed by atoms with Gasteiger partial charge in [0.25, 0.3) is 0 Å². The van der Waals surface area contributed by atoms with Crippen LogP contribution in [0.3, 0.4) is 0 Å². The van der Waals surface area contributed by atoms with Crippen LogP contribution >= 0.6 is 0 Å². The van der Waals surface area contributed by atoms with Crippen molar-refractivity contribution in [2.45, 2.75) is 116 Å². The van der Waals surface area contributed by atoms with Crippen LogP contribution < -0.4 is 4.74 Å². The van der Waals surface area contributed by atoms with Crippen LogP contribution in [0.15, 0.2) is 36.7 Å². The van der Waals surface area contributed by atoms with Gasteiger partial charge >= 0.3 is 0 Å². The van der Waals surface area contributed by atoms with Gasteiger partial charge in [-0.3, -0.25) is 0 Å². The molecule has 0 radical (unpaired) electrons. The van der Waals surface area contributed by atoms with Gasteiger partial charge in [-0.1, -0.05) is 84.5 Å². The number of aromatic nitrogens is 2. The van der Waals surface area contributed by atoms with Crippen LogP contribution in [0.2, 0.25) is 0 Å². The molecule has 0 saturated heterocycles. The number of alkyl halides is 1. The first-order chi connectivity index (χ1) is 16.2. The standard InChI is InChI=1S/C29H45FN2O/c1-3-5-7-9-10-11-12-14-22-33-28-20-17-26(18-21-28)29-31-23-25(24-32-29)16-19-27(30)15-13-8-6-4-2/h17-18,20-21,23-24,27H,3-16,19,22H2,1-2H3. The summed E-state index contributed by atoms with van der Waals surface area (Å²) in [7, 11) is 0. The summed E-state index contributed by atoms with van der Waals surface area (Å²) in [6.07, 6.45) is 19.8. The van der Waals surface area contributed by atoms with E-state index in [9.17, 15) is 4.39 Å². The van der Waals surface area contributed by atoms with Gasteiger partial charge in [0.2, 0.25) is 0 Å². The summed E-state index contributed by atoms with van der Waals surface area (Å²) in [5.74, 6) is 1.59. The average molecular weight is 457 g/mol. The third-order valence-corrected chi connectivity index (χ3v) is 6.20. The minimum atomic E-state index is -0.722. The van der Waals surface area contributed by atoms with Gasteiger partial charge in [0, 0.05) is 18.0 Å². The molecule has 0 aliphatic heterocycles. The van der Waals surface area contributed by atoms with Crippen LogP contribution in [0.1, 0.15) is 109 Å². The van der Waals surface area contributed by atoms with E-state index in [1.165, 1.54) is 57.8 Å². The molecule has 0 spiro atoms. The van der Waals surface area contributed by atoms with E-state index in [-0.39, 0.29) is 0 Å². The van der Waals surface area contributed by atoms with Crippen molar-refractivity contribution in [1.82, 2.24) is 9.97 Å². The largest absolute Gasteiger partial charge is 0.494 e. The van der Waals surface area contributed by atoms with Crippen LogP contribution in [0.25, 0.3) is 11.4 Å². The van der Waals surface area contributed by atoms with E-state index in [2.05, 4.69) is 23.8 Å². The fourth-order valence-corrected chi connectivity index (χ4v) is 4.02. The Balaban J connectivity index is 1.64. The molecule has 0 amide bonds. The Morgan fingerprint density at radius 3 is 1.94 bits per heavy atom. The zero-order chi connectivity index (χ0) is 23.6. The van der Waals surface area contributed by atoms with Gasteiger partial charge in [-0.25, -0.2) is 14.4 Å². The Kier molecular flexibility index (Phi) is 14.5. The molecule has 184 valence electrons. The predicted molar refractivity (Wildman–Crippen MR) is 138 cm³/mol. The van der Waals surface area contributed by atoms with Crippen LogP contribution in [-0.4, -0.2) is 22.7 Å². The Bertz CT molecular complexity index is 717. The van der Waals surface area contributed by atoms with Crippen molar-refractivity contribution in [2.24, 2.45) is 0 Å². The number of rotatable bonds is 19. The third kappa shape index (κ3) is 12.2. The first-order valence-electron chi connectivity index (χ1n) is 13.4. The van der Waals surface area contributed by atoms with Crippen molar-refractivity contribution in [3.8, 4) is 17.1 Å². The normalized spacial score (nSPS) is 12.1. The molecule has 0 fully saturated rings. The lowest BCUT2D eigenvalue weighted by atomic mass is 10.0. The first kappa shape index (κ1) is 27.3. The number of ether oxygens (including phenoxy) is 1. The Hall–Kier alpha value is -1.97. The second-order valence-corrected chi connectivity index (χ2v) is 9.25. The molecule has 3 nitrogen and oxygen atoms in total. The molecule has 0 aliphatic rings. The van der Waals surface area contributed by atoms with E-state index in [4.69, 9.17) is 4.74 Å². The molecular weight excluding hydrogens is 411 g/mol. The minimum absolute atomic E-state index is 0.555. The van der Waals surface area contributed by atoms with Gasteiger partial charge in [-0.05, 0) is 55.5 Å². The second-order valence-electron chi connectivity index (χ2n) is 9.25. The highest BCUT2D eigenvalue weighted by atomic mass is 19.1. The van der Waals surface area contributed by atoms with Crippen LogP contribution in [0.4, 0.5) is 4.39 Å². The monoisotopic (exact) mass is 456 g/mol. The molecule has 1 atom stereocenters. The number of unbranched alkanes of at least 4 members (excludes halogenated alkanes) is 10. The Labute approximate surface area is 201 Å². The van der Waals surface area contributed by atoms with Gasteiger partial charge in [-0.2, -0.15) is 0 Å². The zero-order valence-electron chi connectivity index (χ0n) is 21.0. The Morgan fingerprint density at radius 2 is 1.30 bits per heavy atom. The van der Waals surface area contributed by atoms with Gasteiger partial charge in [0.15, 0.2) is 5.82 Å². The van der Waals surface area contributed by atoms with E-state index in [0.29, 0.717) is 25.1 Å². The maximum absolute atomic E-state index is 14.1. The molecule has 2 aromatic rings. The lowest BCUT2D eigenvalue weighted by molar-refractivity contribution is 0.287. The highest BCUT2D eigenvalue weighted by molar-refractivity contribution is 5.55. The zero-order valence-corrected chi connectivity index (χ0v) is 21.0. The van der Waals surface area contributed by atoms with Gasteiger partial charge < -0.3 is 4.74 Å². The van der Waals surface area contributed by atoms with Crippen molar-refractivity contribution in [2.75, 3.05) is 6.61 Å². The maximum atomic E-state index is 14.1. The smallest absolute Gasteiger partial charge is 0.159 e. The summed E-state index contributed by atoms with van der Waals surface area (Å²) in [5.41, 5.74) is 1.97. The molecule has 1 aromatic carbocycles. The van der Waals surface area contributed by atoms with Crippen molar-refractivity contribution < 1.29 is 9.13 Å². The molecular formula is C29H45FN2O. The lowest BCUT2D eigenvalue weighted by Crippen LogP contribution is -2.03. The molecule has 0 N–H and O–H groups in total. The minimum Gasteiger partial charge on any atom is -0.494 e. The van der Waals surface area contributed by atoms with Crippen LogP contribution in [0.5, 0.6) is 5.75 Å². The molecule has 4 heteroatoms. The van der Waals surface area contributed by atoms with E-state index in [1.807, 2.05) is 36.7 Å². The highest BCUT2D eigenvalue weighted by Crippen LogP contribution is 2.20. The number of benzene rings is 1. The van der Waals surface area contributed by atoms with Crippen LogP contribution in [-0.2, 0) is 6.42 Å². The molecule has 0 saturated carbocycles. The maximum Gasteiger partial charge on any atom is 0.159 e. The average Bonchev–Trinajstić information content (AvgIpc) is 2.85. The molecule has 0 aliphatic carbocycles. The van der Waals surface area contributed by atoms with E-state index < -0.39 is 6.17 Å². The van der Waals surface area contributed by atoms with Gasteiger partial charge in [0.1, 0.15) is 11.9 Å². The number of halogens is 1. The summed E-state index contributed by atoms with van der Waals surface area (Å²) in [4.78, 5) is 8.98. The van der Waals surface area contributed by atoms with E-state index >= 15 is 0 Å². The summed E-state index contributed by atoms with van der Waals surface area (Å²) in [6, 6.07) is 7.99. The van der Waals surface area contributed by atoms with Crippen molar-refractivity contribution in [3.63, 3.8) is 0 Å². The predicted octanol–water partition coefficient (Wildman–Crippen LogP) is 8.90. The molecule has 1 heterocycles. The van der Waals surface area contributed by atoms with E-state index in [0.717, 1.165) is 42.7 Å². The number of aryl methyl sites for hydroxylation is 1. The topological polar surface area (TPSA) is 35.0 Å². The van der Waals surface area contributed by atoms with Gasteiger partial charge in [0.05, 0.1) is 6.61 Å². The van der Waals surface area contributed by atoms with Crippen molar-refractivity contribution in [3.05, 3.63) is 42.2 Å². The molecule has 1 unspecified atom stereocenters. The quantitative estimate of drug-likeness (QED) is 0.198. The molecule has 2 rings (SSSR count). The summed E-state index contributed by atoms with van der Waals surface area (Å²) in [5, 5.41) is 0. The summed E-state index contributed by atoms with van der Waals surface area (Å²) in [6.45, 7) is 5.21. The summed E-state index contributed by atoms with van der Waals surface area (Å²) >= 11 is 0. The highest BCUT2D eigenvalue weighted by Gasteiger charge is 2.08. The molecule has 1 aromatic heterocycles. The third-order valence-electron chi connectivity index (χ3n) is 6.20. The lowest BCUT2D eigenvalue weighted by Gasteiger charge is -2.09. The number of hydrogen-bond donors (Lipinski definition) is 0. The van der Waals surface area contributed by atoms with Crippen LogP contribution in [0, 0.1) is 0 Å². The summed E-state index contributed by atoms with van der Waals surface area (Å²) < 4.78 is 19.9. The molecule has 0 bridgehead atoms. The number of nitrogens with zero attached hydrogens (tertiary/aromatic N) is 2. The van der Waals surface area contributed by atoms with Crippen molar-refractivity contribution in [1.29, 1.82) is 0 Å².